The molecule has 0 saturated carbocycles. The summed E-state index contributed by atoms with van der Waals surface area (Å²) in [5.74, 6) is 1.21. The summed E-state index contributed by atoms with van der Waals surface area (Å²) < 4.78 is 0. The van der Waals surface area contributed by atoms with Crippen molar-refractivity contribution in [3.8, 4) is 0 Å². The molecule has 32 heavy (non-hydrogen) atoms. The van der Waals surface area contributed by atoms with E-state index in [1.165, 1.54) is 0 Å². The molecule has 10 heteroatoms. The van der Waals surface area contributed by atoms with Gasteiger partial charge in [0.2, 0.25) is 11.9 Å². The van der Waals surface area contributed by atoms with Gasteiger partial charge in [-0.3, -0.25) is 15.2 Å². The molecule has 1 fully saturated rings. The number of hydrogen-bond acceptors (Lipinski definition) is 7. The van der Waals surface area contributed by atoms with E-state index in [4.69, 9.17) is 11.5 Å². The van der Waals surface area contributed by atoms with Crippen LogP contribution in [0.1, 0.15) is 20.8 Å². The predicted molar refractivity (Wildman–Crippen MR) is 130 cm³/mol. The molecule has 2 heterocycles. The SMILES string of the molecule is C=NC(=Nc1ccc(N)cc1)NN(CN)c1ccnc(N2CC(C)N(C(C)=O)C(C)C2)c1. The van der Waals surface area contributed by atoms with Gasteiger partial charge in [-0.15, -0.1) is 0 Å². The summed E-state index contributed by atoms with van der Waals surface area (Å²) in [5, 5.41) is 1.72. The van der Waals surface area contributed by atoms with Crippen LogP contribution in [0.15, 0.2) is 52.6 Å². The number of pyridine rings is 1. The number of hydrazine groups is 1. The third-order valence-electron chi connectivity index (χ3n) is 5.34. The van der Waals surface area contributed by atoms with Gasteiger partial charge in [0, 0.05) is 50.0 Å². The van der Waals surface area contributed by atoms with Crippen LogP contribution in [0.5, 0.6) is 0 Å². The summed E-state index contributed by atoms with van der Waals surface area (Å²) in [5.41, 5.74) is 17.0. The zero-order valence-corrected chi connectivity index (χ0v) is 18.8. The van der Waals surface area contributed by atoms with Crippen LogP contribution in [-0.2, 0) is 4.79 Å². The molecule has 170 valence electrons. The lowest BCUT2D eigenvalue weighted by molar-refractivity contribution is -0.133. The van der Waals surface area contributed by atoms with E-state index in [-0.39, 0.29) is 24.7 Å². The highest BCUT2D eigenvalue weighted by molar-refractivity contribution is 5.87. The lowest BCUT2D eigenvalue weighted by atomic mass is 10.1. The van der Waals surface area contributed by atoms with Gasteiger partial charge in [-0.25, -0.2) is 15.0 Å². The minimum Gasteiger partial charge on any atom is -0.399 e. The number of nitrogens with two attached hydrogens (primary N) is 2. The van der Waals surface area contributed by atoms with Gasteiger partial charge in [-0.2, -0.15) is 0 Å². The van der Waals surface area contributed by atoms with Crippen molar-refractivity contribution in [2.75, 3.05) is 35.4 Å². The Hall–Kier alpha value is -3.66. The third kappa shape index (κ3) is 5.33. The molecule has 2 unspecified atom stereocenters. The number of carbonyl (C=O) groups is 1. The second kappa shape index (κ2) is 10.1. The van der Waals surface area contributed by atoms with E-state index in [1.807, 2.05) is 17.0 Å². The number of benzene rings is 1. The molecule has 2 atom stereocenters. The van der Waals surface area contributed by atoms with Gasteiger partial charge in [0.25, 0.3) is 0 Å². The van der Waals surface area contributed by atoms with Crippen molar-refractivity contribution in [1.29, 1.82) is 0 Å². The van der Waals surface area contributed by atoms with Crippen LogP contribution >= 0.6 is 0 Å². The molecular weight excluding hydrogens is 406 g/mol. The highest BCUT2D eigenvalue weighted by atomic mass is 16.2. The zero-order valence-electron chi connectivity index (χ0n) is 18.8. The molecule has 10 nitrogen and oxygen atoms in total. The molecule has 5 N–H and O–H groups in total. The molecule has 1 aromatic carbocycles. The highest BCUT2D eigenvalue weighted by Gasteiger charge is 2.31. The van der Waals surface area contributed by atoms with Gasteiger partial charge < -0.3 is 21.3 Å². The van der Waals surface area contributed by atoms with Crippen LogP contribution in [0.4, 0.5) is 22.9 Å². The van der Waals surface area contributed by atoms with Crippen molar-refractivity contribution in [1.82, 2.24) is 15.3 Å². The first kappa shape index (κ1) is 23.0. The number of nitrogens with one attached hydrogen (secondary N) is 1. The number of amides is 1. The molecule has 1 aliphatic heterocycles. The highest BCUT2D eigenvalue weighted by Crippen LogP contribution is 2.24. The number of piperazine rings is 1. The van der Waals surface area contributed by atoms with Crippen LogP contribution in [0.25, 0.3) is 0 Å². The largest absolute Gasteiger partial charge is 0.399 e. The molecule has 1 aliphatic rings. The summed E-state index contributed by atoms with van der Waals surface area (Å²) in [6.45, 7) is 10.9. The molecule has 0 bridgehead atoms. The third-order valence-corrected chi connectivity index (χ3v) is 5.34. The number of hydrogen-bond donors (Lipinski definition) is 3. The lowest BCUT2D eigenvalue weighted by Crippen LogP contribution is -2.58. The number of rotatable bonds is 5. The molecule has 1 saturated heterocycles. The standard InChI is InChI=1S/C22H31N9O/c1-15-12-29(13-16(2)31(15)17(3)32)21-11-20(9-10-26-21)30(14-23)28-22(25-4)27-19-7-5-18(24)6-8-19/h5-11,15-16H,4,12-14,23-24H2,1-3H3,(H,27,28). The molecule has 0 radical (unpaired) electrons. The smallest absolute Gasteiger partial charge is 0.241 e. The molecule has 1 amide bonds. The monoisotopic (exact) mass is 437 g/mol. The topological polar surface area (TPSA) is 128 Å². The van der Waals surface area contributed by atoms with Gasteiger partial charge in [-0.05, 0) is 50.9 Å². The molecule has 3 rings (SSSR count). The Morgan fingerprint density at radius 3 is 2.47 bits per heavy atom. The minimum atomic E-state index is 0.0917. The maximum Gasteiger partial charge on any atom is 0.241 e. The van der Waals surface area contributed by atoms with E-state index >= 15 is 0 Å². The summed E-state index contributed by atoms with van der Waals surface area (Å²) in [6, 6.07) is 11.1. The Morgan fingerprint density at radius 1 is 1.25 bits per heavy atom. The van der Waals surface area contributed by atoms with E-state index in [0.29, 0.717) is 30.4 Å². The normalized spacial score (nSPS) is 18.9. The van der Waals surface area contributed by atoms with Crippen LogP contribution in [0, 0.1) is 0 Å². The van der Waals surface area contributed by atoms with Crippen molar-refractivity contribution in [2.45, 2.75) is 32.9 Å². The van der Waals surface area contributed by atoms with Crippen LogP contribution in [-0.4, -0.2) is 60.3 Å². The number of nitrogens with zero attached hydrogens (tertiary/aromatic N) is 6. The fraction of sp³-hybridized carbons (Fsp3) is 0.364. The van der Waals surface area contributed by atoms with E-state index in [2.05, 4.69) is 45.9 Å². The number of nitrogen functional groups attached to an aromatic ring is 1. The van der Waals surface area contributed by atoms with Gasteiger partial charge in [-0.1, -0.05) is 0 Å². The Bertz CT molecular complexity index is 964. The van der Waals surface area contributed by atoms with E-state index in [1.54, 1.807) is 42.4 Å². The average molecular weight is 438 g/mol. The fourth-order valence-corrected chi connectivity index (χ4v) is 3.98. The number of aromatic nitrogens is 1. The number of anilines is 3. The molecular formula is C22H31N9O. The van der Waals surface area contributed by atoms with Crippen LogP contribution < -0.4 is 26.8 Å². The second-order valence-electron chi connectivity index (χ2n) is 7.81. The van der Waals surface area contributed by atoms with Gasteiger partial charge in [0.1, 0.15) is 5.82 Å². The first-order valence-electron chi connectivity index (χ1n) is 10.5. The van der Waals surface area contributed by atoms with E-state index in [0.717, 1.165) is 11.5 Å². The minimum absolute atomic E-state index is 0.0917. The molecule has 2 aromatic rings. The van der Waals surface area contributed by atoms with Crippen LogP contribution in [0.3, 0.4) is 0 Å². The lowest BCUT2D eigenvalue weighted by Gasteiger charge is -2.44. The van der Waals surface area contributed by atoms with Crippen molar-refractivity contribution >= 4 is 41.5 Å². The van der Waals surface area contributed by atoms with E-state index < -0.39 is 0 Å². The second-order valence-corrected chi connectivity index (χ2v) is 7.81. The van der Waals surface area contributed by atoms with Gasteiger partial charge >= 0.3 is 0 Å². The zero-order chi connectivity index (χ0) is 23.3. The summed E-state index contributed by atoms with van der Waals surface area (Å²) in [4.78, 5) is 29.0. The maximum atomic E-state index is 12.0. The first-order chi connectivity index (χ1) is 15.3. The Labute approximate surface area is 188 Å². The number of aliphatic imine (C=N–C) groups is 2. The van der Waals surface area contributed by atoms with Crippen molar-refractivity contribution in [3.63, 3.8) is 0 Å². The average Bonchev–Trinajstić information content (AvgIpc) is 2.77. The first-order valence-corrected chi connectivity index (χ1v) is 10.5. The summed E-state index contributed by atoms with van der Waals surface area (Å²) >= 11 is 0. The van der Waals surface area contributed by atoms with Gasteiger partial charge in [0.15, 0.2) is 0 Å². The summed E-state index contributed by atoms with van der Waals surface area (Å²) in [6.07, 6.45) is 1.74. The number of carbonyl (C=O) groups excluding carboxylic acids is 1. The van der Waals surface area contributed by atoms with Crippen molar-refractivity contribution in [2.24, 2.45) is 15.7 Å². The number of guanidine groups is 1. The van der Waals surface area contributed by atoms with Gasteiger partial charge in [0.05, 0.1) is 18.0 Å². The Kier molecular flexibility index (Phi) is 7.26. The van der Waals surface area contributed by atoms with Crippen molar-refractivity contribution < 1.29 is 4.79 Å². The molecule has 0 spiro atoms. The molecule has 1 aromatic heterocycles. The predicted octanol–water partition coefficient (Wildman–Crippen LogP) is 1.72. The van der Waals surface area contributed by atoms with E-state index in [9.17, 15) is 4.79 Å². The summed E-state index contributed by atoms with van der Waals surface area (Å²) in [7, 11) is 0. The molecule has 0 aliphatic carbocycles. The Morgan fingerprint density at radius 2 is 1.91 bits per heavy atom. The van der Waals surface area contributed by atoms with Crippen molar-refractivity contribution in [3.05, 3.63) is 42.6 Å². The fourth-order valence-electron chi connectivity index (χ4n) is 3.98. The Balaban J connectivity index is 1.78. The maximum absolute atomic E-state index is 12.0. The van der Waals surface area contributed by atoms with Crippen LogP contribution in [0.2, 0.25) is 0 Å². The quantitative estimate of drug-likeness (QED) is 0.214.